The Morgan fingerprint density at radius 2 is 1.74 bits per heavy atom. The van der Waals surface area contributed by atoms with Crippen molar-refractivity contribution in [1.29, 1.82) is 0 Å². The highest BCUT2D eigenvalue weighted by molar-refractivity contribution is 5.93. The Bertz CT molecular complexity index is 506. The molecule has 0 fully saturated rings. The molecule has 1 aromatic carbocycles. The van der Waals surface area contributed by atoms with E-state index in [1.165, 1.54) is 36.4 Å². The maximum Gasteiger partial charge on any atom is 0.318 e. The van der Waals surface area contributed by atoms with Gasteiger partial charge in [0, 0.05) is 12.1 Å². The lowest BCUT2D eigenvalue weighted by atomic mass is 10.1. The van der Waals surface area contributed by atoms with Crippen molar-refractivity contribution < 1.29 is 24.7 Å². The quantitative estimate of drug-likeness (QED) is 0.460. The van der Waals surface area contributed by atoms with Crippen LogP contribution < -0.4 is 0 Å². The number of non-ortho nitro benzene ring substituents is 1. The minimum atomic E-state index is -1.49. The van der Waals surface area contributed by atoms with E-state index in [0.29, 0.717) is 5.56 Å². The second kappa shape index (κ2) is 6.29. The molecule has 7 heteroatoms. The van der Waals surface area contributed by atoms with Crippen LogP contribution in [0.4, 0.5) is 5.69 Å². The largest absolute Gasteiger partial charge is 0.481 e. The molecule has 7 nitrogen and oxygen atoms in total. The molecule has 0 radical (unpaired) electrons. The fourth-order valence-electron chi connectivity index (χ4n) is 1.35. The molecule has 0 aliphatic heterocycles. The van der Waals surface area contributed by atoms with Crippen molar-refractivity contribution >= 4 is 23.7 Å². The molecule has 0 spiro atoms. The number of carbonyl (C=O) groups is 2. The maximum absolute atomic E-state index is 10.6. The molecule has 0 bridgehead atoms. The van der Waals surface area contributed by atoms with E-state index in [9.17, 15) is 19.7 Å². The first-order valence-corrected chi connectivity index (χ1v) is 5.28. The van der Waals surface area contributed by atoms with Gasteiger partial charge in [-0.2, -0.15) is 0 Å². The van der Waals surface area contributed by atoms with Crippen LogP contribution in [0.1, 0.15) is 12.0 Å². The van der Waals surface area contributed by atoms with Gasteiger partial charge in [-0.05, 0) is 24.1 Å². The molecule has 1 rings (SSSR count). The summed E-state index contributed by atoms with van der Waals surface area (Å²) in [4.78, 5) is 31.1. The Morgan fingerprint density at radius 3 is 2.16 bits per heavy atom. The number of nitrogens with zero attached hydrogens (tertiary/aromatic N) is 1. The highest BCUT2D eigenvalue weighted by Gasteiger charge is 2.23. The van der Waals surface area contributed by atoms with Crippen LogP contribution >= 0.6 is 0 Å². The average Bonchev–Trinajstić information content (AvgIpc) is 2.34. The summed E-state index contributed by atoms with van der Waals surface area (Å²) in [6.07, 6.45) is 2.78. The van der Waals surface area contributed by atoms with Crippen LogP contribution in [0, 0.1) is 16.0 Å². The van der Waals surface area contributed by atoms with Crippen molar-refractivity contribution in [1.82, 2.24) is 0 Å². The number of hydrogen-bond donors (Lipinski definition) is 2. The Kier molecular flexibility index (Phi) is 4.76. The van der Waals surface area contributed by atoms with Crippen molar-refractivity contribution in [3.05, 3.63) is 46.0 Å². The first-order chi connectivity index (χ1) is 8.91. The molecule has 1 aromatic rings. The van der Waals surface area contributed by atoms with Gasteiger partial charge in [0.15, 0.2) is 5.92 Å². The molecule has 0 aliphatic rings. The average molecular weight is 265 g/mol. The minimum Gasteiger partial charge on any atom is -0.481 e. The van der Waals surface area contributed by atoms with Gasteiger partial charge < -0.3 is 10.2 Å². The monoisotopic (exact) mass is 265 g/mol. The Morgan fingerprint density at radius 1 is 1.21 bits per heavy atom. The van der Waals surface area contributed by atoms with Crippen molar-refractivity contribution in [3.63, 3.8) is 0 Å². The third-order valence-electron chi connectivity index (χ3n) is 2.38. The first-order valence-electron chi connectivity index (χ1n) is 5.28. The number of rotatable bonds is 6. The van der Waals surface area contributed by atoms with E-state index < -0.39 is 22.8 Å². The summed E-state index contributed by atoms with van der Waals surface area (Å²) in [5.74, 6) is -4.30. The number of allylic oxidation sites excluding steroid dienone is 1. The van der Waals surface area contributed by atoms with E-state index in [2.05, 4.69) is 0 Å². The third kappa shape index (κ3) is 4.23. The number of aliphatic carboxylic acids is 2. The number of benzene rings is 1. The number of nitro benzene ring substituents is 1. The molecule has 2 N–H and O–H groups in total. The lowest BCUT2D eigenvalue weighted by molar-refractivity contribution is -0.384. The van der Waals surface area contributed by atoms with E-state index >= 15 is 0 Å². The topological polar surface area (TPSA) is 118 Å². The summed E-state index contributed by atoms with van der Waals surface area (Å²) in [6, 6.07) is 5.60. The Balaban J connectivity index is 2.69. The molecule has 19 heavy (non-hydrogen) atoms. The van der Waals surface area contributed by atoms with E-state index in [0.717, 1.165) is 0 Å². The van der Waals surface area contributed by atoms with Crippen molar-refractivity contribution in [2.45, 2.75) is 6.42 Å². The van der Waals surface area contributed by atoms with Gasteiger partial charge in [0.25, 0.3) is 5.69 Å². The second-order valence-electron chi connectivity index (χ2n) is 3.72. The Labute approximate surface area is 107 Å². The van der Waals surface area contributed by atoms with Crippen LogP contribution in [0.5, 0.6) is 0 Å². The molecule has 0 saturated heterocycles. The van der Waals surface area contributed by atoms with Crippen LogP contribution in [0.25, 0.3) is 6.08 Å². The zero-order chi connectivity index (χ0) is 14.4. The fourth-order valence-corrected chi connectivity index (χ4v) is 1.35. The predicted molar refractivity (Wildman–Crippen MR) is 65.5 cm³/mol. The minimum absolute atomic E-state index is 0.0499. The van der Waals surface area contributed by atoms with Gasteiger partial charge in [0.2, 0.25) is 0 Å². The number of hydrogen-bond acceptors (Lipinski definition) is 4. The number of carboxylic acids is 2. The molecule has 0 atom stereocenters. The third-order valence-corrected chi connectivity index (χ3v) is 2.38. The normalized spacial score (nSPS) is 10.8. The van der Waals surface area contributed by atoms with Crippen LogP contribution in [-0.2, 0) is 9.59 Å². The molecule has 100 valence electrons. The molecule has 0 amide bonds. The fraction of sp³-hybridized carbons (Fsp3) is 0.167. The highest BCUT2D eigenvalue weighted by atomic mass is 16.6. The predicted octanol–water partition coefficient (Wildman–Crippen LogP) is 1.78. The summed E-state index contributed by atoms with van der Waals surface area (Å²) in [7, 11) is 0. The summed E-state index contributed by atoms with van der Waals surface area (Å²) >= 11 is 0. The number of carboxylic acid groups (broad SMARTS) is 2. The van der Waals surface area contributed by atoms with Crippen molar-refractivity contribution in [2.75, 3.05) is 0 Å². The zero-order valence-corrected chi connectivity index (χ0v) is 9.72. The summed E-state index contributed by atoms with van der Waals surface area (Å²) in [5.41, 5.74) is 0.575. The summed E-state index contributed by atoms with van der Waals surface area (Å²) in [6.45, 7) is 0. The van der Waals surface area contributed by atoms with Gasteiger partial charge in [-0.15, -0.1) is 0 Å². The summed E-state index contributed by atoms with van der Waals surface area (Å²) < 4.78 is 0. The molecular weight excluding hydrogens is 254 g/mol. The molecule has 0 heterocycles. The Hall–Kier alpha value is -2.70. The summed E-state index contributed by atoms with van der Waals surface area (Å²) in [5, 5.41) is 27.7. The first kappa shape index (κ1) is 14.4. The molecular formula is C12H11NO6. The SMILES string of the molecule is O=C(O)C(C/C=C/c1ccc([N+](=O)[O-])cc1)C(=O)O. The van der Waals surface area contributed by atoms with Crippen molar-refractivity contribution in [3.8, 4) is 0 Å². The highest BCUT2D eigenvalue weighted by Crippen LogP contribution is 2.14. The molecule has 0 aliphatic carbocycles. The van der Waals surface area contributed by atoms with E-state index in [-0.39, 0.29) is 12.1 Å². The van der Waals surface area contributed by atoms with E-state index in [4.69, 9.17) is 10.2 Å². The van der Waals surface area contributed by atoms with Gasteiger partial charge in [-0.1, -0.05) is 12.2 Å². The van der Waals surface area contributed by atoms with Gasteiger partial charge in [-0.25, -0.2) is 0 Å². The van der Waals surface area contributed by atoms with Crippen LogP contribution in [-0.4, -0.2) is 27.1 Å². The number of nitro groups is 1. The van der Waals surface area contributed by atoms with Crippen LogP contribution in [0.15, 0.2) is 30.3 Å². The van der Waals surface area contributed by atoms with Crippen LogP contribution in [0.2, 0.25) is 0 Å². The zero-order valence-electron chi connectivity index (χ0n) is 9.72. The molecule has 0 aromatic heterocycles. The molecule has 0 saturated carbocycles. The van der Waals surface area contributed by atoms with Crippen molar-refractivity contribution in [2.24, 2.45) is 5.92 Å². The standard InChI is InChI=1S/C12H11NO6/c14-11(15)10(12(16)17)3-1-2-8-4-6-9(7-5-8)13(18)19/h1-2,4-7,10H,3H2,(H,14,15)(H,16,17)/b2-1+. The van der Waals surface area contributed by atoms with Gasteiger partial charge in [0.05, 0.1) is 4.92 Å². The molecule has 0 unspecified atom stereocenters. The van der Waals surface area contributed by atoms with E-state index in [1.54, 1.807) is 0 Å². The lowest BCUT2D eigenvalue weighted by Crippen LogP contribution is -2.22. The van der Waals surface area contributed by atoms with Gasteiger partial charge in [-0.3, -0.25) is 19.7 Å². The van der Waals surface area contributed by atoms with Crippen LogP contribution in [0.3, 0.4) is 0 Å². The van der Waals surface area contributed by atoms with E-state index in [1.807, 2.05) is 0 Å². The van der Waals surface area contributed by atoms with Gasteiger partial charge >= 0.3 is 11.9 Å². The maximum atomic E-state index is 10.6. The second-order valence-corrected chi connectivity index (χ2v) is 3.72. The lowest BCUT2D eigenvalue weighted by Gasteiger charge is -2.02. The van der Waals surface area contributed by atoms with Gasteiger partial charge in [0.1, 0.15) is 0 Å². The smallest absolute Gasteiger partial charge is 0.318 e.